The summed E-state index contributed by atoms with van der Waals surface area (Å²) in [5, 5.41) is 13.4. The van der Waals surface area contributed by atoms with E-state index < -0.39 is 0 Å². The van der Waals surface area contributed by atoms with Gasteiger partial charge in [0.1, 0.15) is 12.4 Å². The van der Waals surface area contributed by atoms with Gasteiger partial charge in [0, 0.05) is 17.6 Å². The second kappa shape index (κ2) is 6.77. The summed E-state index contributed by atoms with van der Waals surface area (Å²) in [5.41, 5.74) is 1.87. The zero-order chi connectivity index (χ0) is 15.5. The van der Waals surface area contributed by atoms with Crippen molar-refractivity contribution in [2.45, 2.75) is 31.9 Å². The van der Waals surface area contributed by atoms with Crippen LogP contribution in [0.4, 0.5) is 4.39 Å². The first-order chi connectivity index (χ1) is 10.7. The molecule has 0 aliphatic carbocycles. The van der Waals surface area contributed by atoms with E-state index in [1.807, 2.05) is 0 Å². The summed E-state index contributed by atoms with van der Waals surface area (Å²) in [5.74, 6) is 0.564. The molecule has 0 atom stereocenters. The maximum absolute atomic E-state index is 13.1. The number of halogens is 2. The first kappa shape index (κ1) is 15.5. The van der Waals surface area contributed by atoms with E-state index in [-0.39, 0.29) is 12.4 Å². The number of aromatic nitrogens is 1. The van der Waals surface area contributed by atoms with E-state index >= 15 is 0 Å². The minimum atomic E-state index is -0.295. The van der Waals surface area contributed by atoms with E-state index in [1.54, 1.807) is 12.1 Å². The van der Waals surface area contributed by atoms with Gasteiger partial charge in [-0.15, -0.1) is 0 Å². The Balaban J connectivity index is 1.58. The van der Waals surface area contributed by atoms with Gasteiger partial charge in [-0.2, -0.15) is 0 Å². The maximum atomic E-state index is 13.1. The van der Waals surface area contributed by atoms with E-state index in [1.165, 1.54) is 12.1 Å². The third kappa shape index (κ3) is 3.48. The van der Waals surface area contributed by atoms with Crippen LogP contribution in [0.3, 0.4) is 0 Å². The van der Waals surface area contributed by atoms with E-state index in [0.29, 0.717) is 23.2 Å². The average molecular weight is 325 g/mol. The third-order valence-electron chi connectivity index (χ3n) is 4.14. The van der Waals surface area contributed by atoms with Crippen molar-refractivity contribution in [1.82, 2.24) is 10.1 Å². The van der Waals surface area contributed by atoms with Crippen LogP contribution in [-0.4, -0.2) is 28.3 Å². The highest BCUT2D eigenvalue weighted by Gasteiger charge is 2.23. The van der Waals surface area contributed by atoms with E-state index in [0.717, 1.165) is 37.2 Å². The van der Waals surface area contributed by atoms with Crippen molar-refractivity contribution in [3.05, 3.63) is 52.1 Å². The lowest BCUT2D eigenvalue weighted by Gasteiger charge is -2.31. The Labute approximate surface area is 133 Å². The van der Waals surface area contributed by atoms with E-state index in [9.17, 15) is 4.39 Å². The lowest BCUT2D eigenvalue weighted by Crippen LogP contribution is -2.32. The van der Waals surface area contributed by atoms with Crippen molar-refractivity contribution in [2.24, 2.45) is 0 Å². The van der Waals surface area contributed by atoms with Crippen molar-refractivity contribution in [3.63, 3.8) is 0 Å². The number of benzene rings is 1. The van der Waals surface area contributed by atoms with Crippen LogP contribution < -0.4 is 0 Å². The Morgan fingerprint density at radius 3 is 2.73 bits per heavy atom. The van der Waals surface area contributed by atoms with Crippen LogP contribution in [0, 0.1) is 5.82 Å². The smallest absolute Gasteiger partial charge is 0.162 e. The topological polar surface area (TPSA) is 49.5 Å². The molecule has 0 saturated carbocycles. The molecule has 3 rings (SSSR count). The zero-order valence-electron chi connectivity index (χ0n) is 12.1. The molecule has 2 heterocycles. The third-order valence-corrected chi connectivity index (χ3v) is 4.47. The molecule has 118 valence electrons. The fraction of sp³-hybridized carbons (Fsp3) is 0.438. The van der Waals surface area contributed by atoms with Crippen LogP contribution in [-0.2, 0) is 13.2 Å². The van der Waals surface area contributed by atoms with Crippen molar-refractivity contribution in [1.29, 1.82) is 0 Å². The number of piperidine rings is 1. The van der Waals surface area contributed by atoms with Gasteiger partial charge < -0.3 is 9.63 Å². The standard InChI is InChI=1S/C16H18ClFN2O2/c17-16-7-12(18)1-2-15(16)11-3-5-20(6-4-11)9-13-8-14(10-21)22-19-13/h1-2,7-8,11,21H,3-6,9-10H2. The maximum Gasteiger partial charge on any atom is 0.162 e. The van der Waals surface area contributed by atoms with Gasteiger partial charge >= 0.3 is 0 Å². The Hall–Kier alpha value is -1.43. The predicted octanol–water partition coefficient (Wildman–Crippen LogP) is 3.34. The lowest BCUT2D eigenvalue weighted by atomic mass is 9.89. The highest BCUT2D eigenvalue weighted by molar-refractivity contribution is 6.31. The molecular weight excluding hydrogens is 307 g/mol. The molecule has 1 saturated heterocycles. The van der Waals surface area contributed by atoms with Crippen LogP contribution in [0.1, 0.15) is 35.8 Å². The normalized spacial score (nSPS) is 17.0. The fourth-order valence-electron chi connectivity index (χ4n) is 2.97. The van der Waals surface area contributed by atoms with Gasteiger partial charge in [-0.3, -0.25) is 4.90 Å². The number of aliphatic hydroxyl groups is 1. The Kier molecular flexibility index (Phi) is 4.76. The molecule has 0 amide bonds. The first-order valence-corrected chi connectivity index (χ1v) is 7.76. The summed E-state index contributed by atoms with van der Waals surface area (Å²) in [6.07, 6.45) is 1.96. The molecule has 0 spiro atoms. The SMILES string of the molecule is OCc1cc(CN2CCC(c3ccc(F)cc3Cl)CC2)no1. The van der Waals surface area contributed by atoms with Gasteiger partial charge in [-0.1, -0.05) is 22.8 Å². The predicted molar refractivity (Wildman–Crippen MR) is 81.1 cm³/mol. The van der Waals surface area contributed by atoms with Crippen molar-refractivity contribution >= 4 is 11.6 Å². The van der Waals surface area contributed by atoms with Crippen LogP contribution in [0.15, 0.2) is 28.8 Å². The highest BCUT2D eigenvalue weighted by Crippen LogP contribution is 2.33. The summed E-state index contributed by atoms with van der Waals surface area (Å²) in [6, 6.07) is 6.43. The van der Waals surface area contributed by atoms with Crippen LogP contribution in [0.5, 0.6) is 0 Å². The molecule has 1 fully saturated rings. The second-order valence-electron chi connectivity index (χ2n) is 5.66. The molecule has 2 aromatic rings. The number of likely N-dealkylation sites (tertiary alicyclic amines) is 1. The Morgan fingerprint density at radius 1 is 1.32 bits per heavy atom. The highest BCUT2D eigenvalue weighted by atomic mass is 35.5. The second-order valence-corrected chi connectivity index (χ2v) is 6.07. The molecule has 1 aromatic carbocycles. The number of aliphatic hydroxyl groups excluding tert-OH is 1. The average Bonchev–Trinajstić information content (AvgIpc) is 2.96. The van der Waals surface area contributed by atoms with Crippen LogP contribution in [0.25, 0.3) is 0 Å². The van der Waals surface area contributed by atoms with Crippen LogP contribution in [0.2, 0.25) is 5.02 Å². The van der Waals surface area contributed by atoms with Crippen molar-refractivity contribution < 1.29 is 14.0 Å². The summed E-state index contributed by atoms with van der Waals surface area (Å²) in [4.78, 5) is 2.30. The zero-order valence-corrected chi connectivity index (χ0v) is 12.9. The largest absolute Gasteiger partial charge is 0.388 e. The summed E-state index contributed by atoms with van der Waals surface area (Å²) in [6.45, 7) is 2.45. The van der Waals surface area contributed by atoms with Gasteiger partial charge in [0.2, 0.25) is 0 Å². The molecule has 1 N–H and O–H groups in total. The molecule has 0 bridgehead atoms. The molecule has 1 aliphatic heterocycles. The molecule has 0 unspecified atom stereocenters. The van der Waals surface area contributed by atoms with Gasteiger partial charge in [0.15, 0.2) is 5.76 Å². The van der Waals surface area contributed by atoms with Crippen LogP contribution >= 0.6 is 11.6 Å². The minimum Gasteiger partial charge on any atom is -0.388 e. The number of hydrogen-bond donors (Lipinski definition) is 1. The molecule has 0 radical (unpaired) electrons. The molecule has 1 aromatic heterocycles. The Bertz CT molecular complexity index is 639. The fourth-order valence-corrected chi connectivity index (χ4v) is 3.29. The van der Waals surface area contributed by atoms with Crippen molar-refractivity contribution in [3.8, 4) is 0 Å². The molecule has 1 aliphatic rings. The van der Waals surface area contributed by atoms with Gasteiger partial charge in [-0.05, 0) is 49.5 Å². The van der Waals surface area contributed by atoms with Gasteiger partial charge in [0.05, 0.1) is 5.69 Å². The monoisotopic (exact) mass is 324 g/mol. The quantitative estimate of drug-likeness (QED) is 0.937. The Morgan fingerprint density at radius 2 is 2.09 bits per heavy atom. The summed E-state index contributed by atoms with van der Waals surface area (Å²) >= 11 is 6.15. The summed E-state index contributed by atoms with van der Waals surface area (Å²) < 4.78 is 18.1. The van der Waals surface area contributed by atoms with Crippen molar-refractivity contribution in [2.75, 3.05) is 13.1 Å². The van der Waals surface area contributed by atoms with Gasteiger partial charge in [0.25, 0.3) is 0 Å². The molecular formula is C16H18ClFN2O2. The minimum absolute atomic E-state index is 0.127. The molecule has 6 heteroatoms. The van der Waals surface area contributed by atoms with Gasteiger partial charge in [-0.25, -0.2) is 4.39 Å². The number of nitrogens with zero attached hydrogens (tertiary/aromatic N) is 2. The number of hydrogen-bond acceptors (Lipinski definition) is 4. The molecule has 22 heavy (non-hydrogen) atoms. The summed E-state index contributed by atoms with van der Waals surface area (Å²) in [7, 11) is 0. The van der Waals surface area contributed by atoms with E-state index in [4.69, 9.17) is 21.2 Å². The molecule has 4 nitrogen and oxygen atoms in total. The first-order valence-electron chi connectivity index (χ1n) is 7.38. The number of rotatable bonds is 4. The van der Waals surface area contributed by atoms with E-state index in [2.05, 4.69) is 10.1 Å². The lowest BCUT2D eigenvalue weighted by molar-refractivity contribution is 0.197.